The summed E-state index contributed by atoms with van der Waals surface area (Å²) in [5.41, 5.74) is 8.42. The molecule has 0 N–H and O–H groups in total. The molecular weight excluding hydrogens is 962 g/mol. The standard InChI is InChI=1S/C39H33N4O.C14H15FNSi.Ir/c1-22(2)30-19-27(26-12-8-7-9-13-26)20-31(23(3)4)36(30)43-33-15-11-10-14-32(33)42-38(43)29-17-16-24(5)34-35-28(21-40)18-25(6)41-39(35)44-37(29)34;1-17(2,3)13-8-9-14(16-10-13)11-4-6-12(15)7-5-11;/h7-16,18-20,22-23H,1-6H3;4,6-10H,1-3H3;/q2*-1;/i5D3,6D3;;. The number of hydrogen-bond acceptors (Lipinski definition) is 5. The van der Waals surface area contributed by atoms with Crippen LogP contribution in [0.4, 0.5) is 4.39 Å². The third-order valence-corrected chi connectivity index (χ3v) is 12.9. The minimum absolute atomic E-state index is 0. The van der Waals surface area contributed by atoms with Crippen molar-refractivity contribution in [3.63, 3.8) is 0 Å². The van der Waals surface area contributed by atoms with Crippen LogP contribution >= 0.6 is 0 Å². The number of aromatic nitrogens is 4. The Morgan fingerprint density at radius 1 is 0.806 bits per heavy atom. The molecule has 0 spiro atoms. The Labute approximate surface area is 386 Å². The fourth-order valence-electron chi connectivity index (χ4n) is 7.67. The number of nitrogens with zero attached hydrogens (tertiary/aromatic N) is 5. The zero-order chi connectivity index (χ0) is 48.2. The number of aryl methyl sites for hydroxylation is 2. The molecule has 4 heterocycles. The Morgan fingerprint density at radius 2 is 1.53 bits per heavy atom. The molecule has 313 valence electrons. The zero-order valence-corrected chi connectivity index (χ0v) is 38.9. The molecule has 1 radical (unpaired) electrons. The third kappa shape index (κ3) is 8.43. The van der Waals surface area contributed by atoms with Crippen LogP contribution in [0.1, 0.15) is 75.7 Å². The summed E-state index contributed by atoms with van der Waals surface area (Å²) < 4.78 is 70.2. The van der Waals surface area contributed by atoms with E-state index in [2.05, 4.69) is 110 Å². The number of pyridine rings is 2. The Morgan fingerprint density at radius 3 is 2.15 bits per heavy atom. The monoisotopic (exact) mass is 1020 g/mol. The van der Waals surface area contributed by atoms with Crippen LogP contribution in [-0.2, 0) is 20.1 Å². The van der Waals surface area contributed by atoms with Crippen LogP contribution in [0, 0.1) is 43.0 Å². The van der Waals surface area contributed by atoms with Crippen molar-refractivity contribution >= 4 is 46.4 Å². The number of nitriles is 1. The van der Waals surface area contributed by atoms with E-state index in [1.807, 2.05) is 54.7 Å². The number of para-hydroxylation sites is 2. The van der Waals surface area contributed by atoms with Gasteiger partial charge in [0.15, 0.2) is 0 Å². The SMILES string of the molecule is C[Si](C)(C)c1ccc(-c2[c-]cc(F)cc2)nc1.[2H]C([2H])([2H])c1cc(C#N)c2c(n1)oc1c(-c3nc4ccccc4n3-c3c(C(C)C)cc(-c4ccccc4)cc3C(C)C)[c-]cc(C([2H])([2H])[2H])c12.[Ir]. The van der Waals surface area contributed by atoms with E-state index in [1.165, 1.54) is 29.5 Å². The molecule has 9 rings (SSSR count). The second-order valence-corrected chi connectivity index (χ2v) is 21.8. The van der Waals surface area contributed by atoms with Crippen LogP contribution in [0.2, 0.25) is 19.6 Å². The first-order valence-electron chi connectivity index (χ1n) is 23.2. The first-order chi connectivity index (χ1) is 31.6. The number of benzene rings is 5. The average Bonchev–Trinajstić information content (AvgIpc) is 3.87. The van der Waals surface area contributed by atoms with Crippen LogP contribution in [-0.4, -0.2) is 27.6 Å². The van der Waals surface area contributed by atoms with Crippen LogP contribution in [0.25, 0.3) is 72.6 Å². The van der Waals surface area contributed by atoms with Crippen molar-refractivity contribution < 1.29 is 37.1 Å². The Kier molecular flexibility index (Phi) is 10.5. The fraction of sp³-hybridized carbons (Fsp3) is 0.208. The van der Waals surface area contributed by atoms with Crippen LogP contribution in [0.15, 0.2) is 120 Å². The van der Waals surface area contributed by atoms with Crippen molar-refractivity contribution in [3.8, 4) is 45.5 Å². The van der Waals surface area contributed by atoms with Crippen LogP contribution in [0.3, 0.4) is 0 Å². The quantitative estimate of drug-likeness (QED) is 0.117. The predicted molar refractivity (Wildman–Crippen MR) is 250 cm³/mol. The summed E-state index contributed by atoms with van der Waals surface area (Å²) in [4.78, 5) is 13.8. The number of furan rings is 1. The topological polar surface area (TPSA) is 80.5 Å². The molecule has 0 aliphatic rings. The molecule has 0 bridgehead atoms. The largest absolute Gasteiger partial charge is 0.486 e. The molecule has 0 aliphatic carbocycles. The van der Waals surface area contributed by atoms with Gasteiger partial charge in [0.2, 0.25) is 5.71 Å². The number of rotatable bonds is 7. The average molecular weight is 1020 g/mol. The van der Waals surface area contributed by atoms with Crippen LogP contribution in [0.5, 0.6) is 0 Å². The molecular formula is C53H48FIrN5OSi-2. The summed E-state index contributed by atoms with van der Waals surface area (Å²) >= 11 is 0. The van der Waals surface area contributed by atoms with Gasteiger partial charge in [-0.1, -0.05) is 114 Å². The molecule has 0 amide bonds. The summed E-state index contributed by atoms with van der Waals surface area (Å²) in [6, 6.07) is 41.7. The van der Waals surface area contributed by atoms with Gasteiger partial charge >= 0.3 is 0 Å². The normalized spacial score (nSPS) is 13.4. The minimum atomic E-state index is -2.62. The van der Waals surface area contributed by atoms with Crippen molar-refractivity contribution in [2.45, 2.75) is 72.9 Å². The maximum Gasteiger partial charge on any atom is 0.217 e. The molecule has 0 fully saturated rings. The van der Waals surface area contributed by atoms with Gasteiger partial charge in [-0.15, -0.1) is 47.5 Å². The van der Waals surface area contributed by atoms with Gasteiger partial charge in [0.1, 0.15) is 0 Å². The van der Waals surface area contributed by atoms with Gasteiger partial charge < -0.3 is 14.0 Å². The minimum Gasteiger partial charge on any atom is -0.486 e. The second-order valence-electron chi connectivity index (χ2n) is 16.8. The zero-order valence-electron chi connectivity index (χ0n) is 41.5. The molecule has 9 aromatic rings. The molecule has 5 aromatic carbocycles. The third-order valence-electron chi connectivity index (χ3n) is 10.8. The van der Waals surface area contributed by atoms with Gasteiger partial charge in [0.05, 0.1) is 42.1 Å². The fourth-order valence-corrected chi connectivity index (χ4v) is 8.70. The smallest absolute Gasteiger partial charge is 0.217 e. The maximum atomic E-state index is 12.8. The van der Waals surface area contributed by atoms with Gasteiger partial charge in [-0.25, -0.2) is 4.98 Å². The molecule has 0 aliphatic heterocycles. The molecule has 6 nitrogen and oxygen atoms in total. The van der Waals surface area contributed by atoms with E-state index in [0.29, 0.717) is 16.9 Å². The van der Waals surface area contributed by atoms with E-state index in [9.17, 15) is 9.65 Å². The van der Waals surface area contributed by atoms with Crippen molar-refractivity contribution in [2.24, 2.45) is 0 Å². The molecule has 62 heavy (non-hydrogen) atoms. The second kappa shape index (κ2) is 17.7. The summed E-state index contributed by atoms with van der Waals surface area (Å²) in [7, 11) is -1.30. The number of imidazole rings is 1. The van der Waals surface area contributed by atoms with Crippen molar-refractivity contribution in [2.75, 3.05) is 0 Å². The Bertz CT molecular complexity index is 3310. The summed E-state index contributed by atoms with van der Waals surface area (Å²) in [5.74, 6) is 0.397. The number of halogens is 1. The van der Waals surface area contributed by atoms with E-state index in [-0.39, 0.29) is 76.6 Å². The van der Waals surface area contributed by atoms with E-state index >= 15 is 0 Å². The van der Waals surface area contributed by atoms with E-state index in [1.54, 1.807) is 6.07 Å². The van der Waals surface area contributed by atoms with Crippen molar-refractivity contribution in [1.82, 2.24) is 19.5 Å². The van der Waals surface area contributed by atoms with Crippen molar-refractivity contribution in [1.29, 1.82) is 5.26 Å². The Balaban J connectivity index is 0.000000320. The maximum absolute atomic E-state index is 12.8. The molecule has 0 saturated carbocycles. The summed E-state index contributed by atoms with van der Waals surface area (Å²) in [5, 5.41) is 11.8. The molecule has 0 atom stereocenters. The van der Waals surface area contributed by atoms with Crippen molar-refractivity contribution in [3.05, 3.63) is 161 Å². The number of hydrogen-bond donors (Lipinski definition) is 0. The summed E-state index contributed by atoms with van der Waals surface area (Å²) in [6.45, 7) is 10.2. The molecule has 4 aromatic heterocycles. The first-order valence-corrected chi connectivity index (χ1v) is 23.7. The Hall–Kier alpha value is -6.04. The van der Waals surface area contributed by atoms with Gasteiger partial charge in [0.25, 0.3) is 0 Å². The predicted octanol–water partition coefficient (Wildman–Crippen LogP) is 13.4. The van der Waals surface area contributed by atoms with Gasteiger partial charge in [0, 0.05) is 57.1 Å². The summed E-state index contributed by atoms with van der Waals surface area (Å²) in [6.07, 6.45) is 1.93. The van der Waals surface area contributed by atoms with E-state index < -0.39 is 21.8 Å². The molecule has 0 saturated heterocycles. The molecule has 9 heteroatoms. The number of fused-ring (bicyclic) bond motifs is 4. The van der Waals surface area contributed by atoms with Gasteiger partial charge in [-0.3, -0.25) is 9.37 Å². The van der Waals surface area contributed by atoms with E-state index in [4.69, 9.17) is 17.6 Å². The van der Waals surface area contributed by atoms with E-state index in [0.717, 1.165) is 44.7 Å². The molecule has 0 unspecified atom stereocenters. The first kappa shape index (κ1) is 36.6. The van der Waals surface area contributed by atoms with Gasteiger partial charge in [-0.2, -0.15) is 5.26 Å². The van der Waals surface area contributed by atoms with Gasteiger partial charge in [-0.05, 0) is 87.5 Å². The van der Waals surface area contributed by atoms with Crippen LogP contribution < -0.4 is 5.19 Å².